The van der Waals surface area contributed by atoms with Gasteiger partial charge in [0.25, 0.3) is 5.91 Å². The van der Waals surface area contributed by atoms with E-state index in [-0.39, 0.29) is 18.9 Å². The zero-order valence-electron chi connectivity index (χ0n) is 24.6. The Morgan fingerprint density at radius 3 is 2.05 bits per heavy atom. The summed E-state index contributed by atoms with van der Waals surface area (Å²) in [5.41, 5.74) is 3.10. The van der Waals surface area contributed by atoms with Gasteiger partial charge in [0.15, 0.2) is 0 Å². The summed E-state index contributed by atoms with van der Waals surface area (Å²) < 4.78 is 44.3. The Morgan fingerprint density at radius 1 is 0.841 bits per heavy atom. The first-order valence-corrected chi connectivity index (χ1v) is 15.8. The zero-order valence-corrected chi connectivity index (χ0v) is 25.4. The molecule has 1 heterocycles. The summed E-state index contributed by atoms with van der Waals surface area (Å²) in [5, 5.41) is 1.67. The van der Waals surface area contributed by atoms with Crippen molar-refractivity contribution in [3.05, 3.63) is 101 Å². The predicted molar refractivity (Wildman–Crippen MR) is 165 cm³/mol. The average Bonchev–Trinajstić information content (AvgIpc) is 3.35. The Bertz CT molecular complexity index is 1830. The monoisotopic (exact) mass is 616 g/mol. The minimum absolute atomic E-state index is 0.181. The number of methoxy groups -OCH3 is 1. The van der Waals surface area contributed by atoms with Gasteiger partial charge in [-0.05, 0) is 49.2 Å². The van der Waals surface area contributed by atoms with Crippen LogP contribution in [0, 0.1) is 0 Å². The van der Waals surface area contributed by atoms with Crippen LogP contribution in [0.4, 0.5) is 5.69 Å². The van der Waals surface area contributed by atoms with E-state index in [0.717, 1.165) is 16.3 Å². The third kappa shape index (κ3) is 6.23. The maximum atomic E-state index is 13.8. The molecule has 0 fully saturated rings. The number of benzene rings is 4. The van der Waals surface area contributed by atoms with Crippen LogP contribution in [0.15, 0.2) is 72.8 Å². The topological polar surface area (TPSA) is 128 Å². The molecule has 11 heteroatoms. The highest BCUT2D eigenvalue weighted by Gasteiger charge is 2.36. The maximum Gasteiger partial charge on any atom is 0.337 e. The molecular formula is C33H32N2O8S. The summed E-state index contributed by atoms with van der Waals surface area (Å²) >= 11 is 0. The molecule has 0 saturated carbocycles. The Balaban J connectivity index is 1.31. The number of fused-ring (bicyclic) bond motifs is 2. The van der Waals surface area contributed by atoms with E-state index in [9.17, 15) is 22.8 Å². The van der Waals surface area contributed by atoms with Crippen molar-refractivity contribution in [3.8, 4) is 11.5 Å². The molecule has 1 aliphatic heterocycles. The Kier molecular flexibility index (Phi) is 8.86. The molecule has 4 aromatic carbocycles. The number of ether oxygens (including phenoxy) is 3. The highest BCUT2D eigenvalue weighted by atomic mass is 32.2. The lowest BCUT2D eigenvalue weighted by atomic mass is 9.99. The molecule has 0 aliphatic carbocycles. The second kappa shape index (κ2) is 12.8. The van der Waals surface area contributed by atoms with Gasteiger partial charge in [0.2, 0.25) is 15.9 Å². The maximum absolute atomic E-state index is 13.8. The summed E-state index contributed by atoms with van der Waals surface area (Å²) in [7, 11) is -2.73. The average molecular weight is 617 g/mol. The van der Waals surface area contributed by atoms with Gasteiger partial charge in [-0.1, -0.05) is 48.5 Å². The van der Waals surface area contributed by atoms with Crippen LogP contribution < -0.4 is 19.1 Å². The lowest BCUT2D eigenvalue weighted by molar-refractivity contribution is -0.118. The van der Waals surface area contributed by atoms with E-state index < -0.39 is 27.7 Å². The van der Waals surface area contributed by atoms with Crippen LogP contribution in [0.5, 0.6) is 11.5 Å². The SMILES string of the molecule is CCOc1c2c(c(OCC)c3ccccc13)C(=O)N(c1ccc(CS(=O)(=O)NC(=O)Cc3ccc(C(=O)OC)cc3)cc1)C2. The van der Waals surface area contributed by atoms with E-state index in [1.165, 1.54) is 19.2 Å². The summed E-state index contributed by atoms with van der Waals surface area (Å²) in [6.07, 6.45) is -0.181. The molecular weight excluding hydrogens is 584 g/mol. The Labute approximate surface area is 255 Å². The molecule has 0 bridgehead atoms. The number of carbonyl (C=O) groups is 3. The van der Waals surface area contributed by atoms with E-state index in [1.54, 1.807) is 41.3 Å². The fourth-order valence-electron chi connectivity index (χ4n) is 5.28. The van der Waals surface area contributed by atoms with E-state index in [1.807, 2.05) is 38.1 Å². The molecule has 228 valence electrons. The van der Waals surface area contributed by atoms with Crippen LogP contribution in [-0.2, 0) is 38.3 Å². The molecule has 4 aromatic rings. The van der Waals surface area contributed by atoms with Crippen LogP contribution in [0.1, 0.15) is 51.3 Å². The normalized spacial score (nSPS) is 12.6. The van der Waals surface area contributed by atoms with Crippen molar-refractivity contribution in [2.75, 3.05) is 25.2 Å². The van der Waals surface area contributed by atoms with Gasteiger partial charge in [-0.3, -0.25) is 14.3 Å². The van der Waals surface area contributed by atoms with Crippen molar-refractivity contribution in [2.45, 2.75) is 32.6 Å². The van der Waals surface area contributed by atoms with Crippen LogP contribution in [0.2, 0.25) is 0 Å². The number of nitrogens with one attached hydrogen (secondary N) is 1. The molecule has 10 nitrogen and oxygen atoms in total. The van der Waals surface area contributed by atoms with E-state index in [2.05, 4.69) is 9.46 Å². The number of hydrogen-bond acceptors (Lipinski definition) is 8. The molecule has 1 N–H and O–H groups in total. The number of amides is 2. The fourth-order valence-corrected chi connectivity index (χ4v) is 6.40. The molecule has 0 aromatic heterocycles. The first-order valence-electron chi connectivity index (χ1n) is 14.1. The van der Waals surface area contributed by atoms with Crippen LogP contribution in [-0.4, -0.2) is 46.5 Å². The molecule has 0 unspecified atom stereocenters. The quantitative estimate of drug-likeness (QED) is 0.239. The second-order valence-electron chi connectivity index (χ2n) is 10.1. The minimum atomic E-state index is -4.00. The van der Waals surface area contributed by atoms with Crippen LogP contribution in [0.25, 0.3) is 10.8 Å². The van der Waals surface area contributed by atoms with Crippen molar-refractivity contribution in [1.29, 1.82) is 0 Å². The highest BCUT2D eigenvalue weighted by Crippen LogP contribution is 2.46. The summed E-state index contributed by atoms with van der Waals surface area (Å²) in [5.74, 6) is -0.699. The van der Waals surface area contributed by atoms with Gasteiger partial charge in [0, 0.05) is 22.0 Å². The Morgan fingerprint density at radius 2 is 1.43 bits per heavy atom. The van der Waals surface area contributed by atoms with Crippen molar-refractivity contribution in [1.82, 2.24) is 4.72 Å². The predicted octanol–water partition coefficient (Wildman–Crippen LogP) is 4.77. The lowest BCUT2D eigenvalue weighted by Gasteiger charge is -2.16. The number of nitrogens with zero attached hydrogens (tertiary/aromatic N) is 1. The zero-order chi connectivity index (χ0) is 31.4. The lowest BCUT2D eigenvalue weighted by Crippen LogP contribution is -2.32. The van der Waals surface area contributed by atoms with Gasteiger partial charge in [-0.25, -0.2) is 13.2 Å². The third-order valence-corrected chi connectivity index (χ3v) is 8.44. The van der Waals surface area contributed by atoms with Crippen molar-refractivity contribution in [3.63, 3.8) is 0 Å². The summed E-state index contributed by atoms with van der Waals surface area (Å²) in [4.78, 5) is 39.4. The fraction of sp³-hybridized carbons (Fsp3) is 0.242. The molecule has 5 rings (SSSR count). The summed E-state index contributed by atoms with van der Waals surface area (Å²) in [6, 6.07) is 20.4. The minimum Gasteiger partial charge on any atom is -0.493 e. The van der Waals surface area contributed by atoms with Crippen molar-refractivity contribution in [2.24, 2.45) is 0 Å². The highest BCUT2D eigenvalue weighted by molar-refractivity contribution is 7.89. The van der Waals surface area contributed by atoms with E-state index in [0.29, 0.717) is 52.7 Å². The van der Waals surface area contributed by atoms with E-state index >= 15 is 0 Å². The van der Waals surface area contributed by atoms with Crippen LogP contribution in [0.3, 0.4) is 0 Å². The smallest absolute Gasteiger partial charge is 0.337 e. The number of anilines is 1. The third-order valence-electron chi connectivity index (χ3n) is 7.19. The first kappa shape index (κ1) is 30.6. The number of hydrogen-bond donors (Lipinski definition) is 1. The van der Waals surface area contributed by atoms with Gasteiger partial charge in [0.1, 0.15) is 11.5 Å². The second-order valence-corrected chi connectivity index (χ2v) is 11.9. The van der Waals surface area contributed by atoms with Gasteiger partial charge in [0.05, 0.1) is 50.2 Å². The number of rotatable bonds is 11. The van der Waals surface area contributed by atoms with Gasteiger partial charge in [-0.15, -0.1) is 0 Å². The van der Waals surface area contributed by atoms with Gasteiger partial charge >= 0.3 is 5.97 Å². The van der Waals surface area contributed by atoms with Crippen molar-refractivity contribution >= 4 is 44.3 Å². The molecule has 44 heavy (non-hydrogen) atoms. The molecule has 0 spiro atoms. The standard InChI is InChI=1S/C33H32N2O8S/c1-4-42-30-25-8-6-7-9-26(25)31(43-5-2)29-27(30)19-35(32(29)37)24-16-12-22(13-17-24)20-44(39,40)34-28(36)18-21-10-14-23(15-11-21)33(38)41-3/h6-17H,4-5,18-20H2,1-3H3,(H,34,36). The van der Waals surface area contributed by atoms with Gasteiger partial charge < -0.3 is 19.1 Å². The molecule has 2 amide bonds. The van der Waals surface area contributed by atoms with Crippen molar-refractivity contribution < 1.29 is 37.0 Å². The summed E-state index contributed by atoms with van der Waals surface area (Å²) in [6.45, 7) is 4.85. The first-order chi connectivity index (χ1) is 21.2. The number of sulfonamides is 1. The molecule has 0 radical (unpaired) electrons. The largest absolute Gasteiger partial charge is 0.493 e. The van der Waals surface area contributed by atoms with E-state index in [4.69, 9.17) is 9.47 Å². The van der Waals surface area contributed by atoms with Crippen LogP contribution >= 0.6 is 0 Å². The number of esters is 1. The Hall–Kier alpha value is -4.90. The molecule has 0 saturated heterocycles. The molecule has 1 aliphatic rings. The molecule has 0 atom stereocenters. The number of carbonyl (C=O) groups excluding carboxylic acids is 3. The van der Waals surface area contributed by atoms with Gasteiger partial charge in [-0.2, -0.15) is 0 Å².